The SMILES string of the molecule is CCOC(=O)C(=O)CCc1ccc(C)cc1. The second kappa shape index (κ2) is 6.05. The third-order valence-electron chi connectivity index (χ3n) is 2.26. The highest BCUT2D eigenvalue weighted by Crippen LogP contribution is 2.06. The van der Waals surface area contributed by atoms with Gasteiger partial charge < -0.3 is 4.74 Å². The highest BCUT2D eigenvalue weighted by Gasteiger charge is 2.13. The van der Waals surface area contributed by atoms with Crippen LogP contribution in [0, 0.1) is 6.92 Å². The quantitative estimate of drug-likeness (QED) is 0.563. The second-order valence-electron chi connectivity index (χ2n) is 3.63. The normalized spacial score (nSPS) is 9.88. The molecule has 0 aliphatic rings. The number of ether oxygens (including phenoxy) is 1. The predicted octanol–water partition coefficient (Wildman–Crippen LogP) is 2.06. The predicted molar refractivity (Wildman–Crippen MR) is 61.1 cm³/mol. The molecule has 0 saturated carbocycles. The zero-order chi connectivity index (χ0) is 12.0. The fourth-order valence-corrected chi connectivity index (χ4v) is 1.33. The Hall–Kier alpha value is -1.64. The van der Waals surface area contributed by atoms with Crippen LogP contribution in [-0.2, 0) is 20.7 Å². The molecule has 1 rings (SSSR count). The molecule has 0 radical (unpaired) electrons. The van der Waals surface area contributed by atoms with Gasteiger partial charge in [0.1, 0.15) is 0 Å². The smallest absolute Gasteiger partial charge is 0.374 e. The van der Waals surface area contributed by atoms with Crippen LogP contribution >= 0.6 is 0 Å². The molecule has 0 spiro atoms. The van der Waals surface area contributed by atoms with Crippen LogP contribution in [0.15, 0.2) is 24.3 Å². The largest absolute Gasteiger partial charge is 0.460 e. The second-order valence-corrected chi connectivity index (χ2v) is 3.63. The first-order valence-electron chi connectivity index (χ1n) is 5.39. The molecule has 0 atom stereocenters. The van der Waals surface area contributed by atoms with Gasteiger partial charge in [-0.2, -0.15) is 0 Å². The van der Waals surface area contributed by atoms with Crippen molar-refractivity contribution >= 4 is 11.8 Å². The van der Waals surface area contributed by atoms with Crippen LogP contribution in [0.4, 0.5) is 0 Å². The number of carbonyl (C=O) groups excluding carboxylic acids is 2. The lowest BCUT2D eigenvalue weighted by molar-refractivity contribution is -0.153. The summed E-state index contributed by atoms with van der Waals surface area (Å²) in [6.45, 7) is 3.94. The molecule has 0 bridgehead atoms. The van der Waals surface area contributed by atoms with Gasteiger partial charge in [-0.3, -0.25) is 4.79 Å². The average molecular weight is 220 g/mol. The van der Waals surface area contributed by atoms with Crippen LogP contribution in [0.2, 0.25) is 0 Å². The highest BCUT2D eigenvalue weighted by atomic mass is 16.5. The molecule has 0 amide bonds. The summed E-state index contributed by atoms with van der Waals surface area (Å²) in [6.07, 6.45) is 0.791. The van der Waals surface area contributed by atoms with Crippen molar-refractivity contribution in [1.29, 1.82) is 0 Å². The molecule has 86 valence electrons. The number of aryl methyl sites for hydroxylation is 2. The lowest BCUT2D eigenvalue weighted by atomic mass is 10.1. The van der Waals surface area contributed by atoms with Crippen LogP contribution in [0.25, 0.3) is 0 Å². The first-order valence-corrected chi connectivity index (χ1v) is 5.39. The minimum atomic E-state index is -0.727. The maximum Gasteiger partial charge on any atom is 0.374 e. The number of hydrogen-bond acceptors (Lipinski definition) is 3. The van der Waals surface area contributed by atoms with Gasteiger partial charge in [0, 0.05) is 6.42 Å². The van der Waals surface area contributed by atoms with E-state index in [9.17, 15) is 9.59 Å². The third kappa shape index (κ3) is 3.85. The number of hydrogen-bond donors (Lipinski definition) is 0. The summed E-state index contributed by atoms with van der Waals surface area (Å²) >= 11 is 0. The van der Waals surface area contributed by atoms with E-state index in [1.807, 2.05) is 31.2 Å². The molecular weight excluding hydrogens is 204 g/mol. The number of ketones is 1. The number of Topliss-reactive ketones (excluding diaryl/α,β-unsaturated/α-hetero) is 1. The summed E-state index contributed by atoms with van der Waals surface area (Å²) in [4.78, 5) is 22.3. The van der Waals surface area contributed by atoms with Crippen molar-refractivity contribution in [2.24, 2.45) is 0 Å². The Morgan fingerprint density at radius 3 is 2.38 bits per heavy atom. The summed E-state index contributed by atoms with van der Waals surface area (Å²) in [6, 6.07) is 7.91. The molecule has 0 heterocycles. The Morgan fingerprint density at radius 1 is 1.19 bits per heavy atom. The molecule has 3 heteroatoms. The van der Waals surface area contributed by atoms with E-state index in [1.54, 1.807) is 6.92 Å². The van der Waals surface area contributed by atoms with Crippen LogP contribution in [0.1, 0.15) is 24.5 Å². The Labute approximate surface area is 95.4 Å². The number of rotatable bonds is 5. The van der Waals surface area contributed by atoms with Crippen molar-refractivity contribution < 1.29 is 14.3 Å². The van der Waals surface area contributed by atoms with E-state index < -0.39 is 11.8 Å². The molecule has 3 nitrogen and oxygen atoms in total. The van der Waals surface area contributed by atoms with Crippen molar-refractivity contribution in [3.8, 4) is 0 Å². The first-order chi connectivity index (χ1) is 7.63. The Bertz CT molecular complexity index is 365. The topological polar surface area (TPSA) is 43.4 Å². The fourth-order valence-electron chi connectivity index (χ4n) is 1.33. The summed E-state index contributed by atoms with van der Waals surface area (Å²) < 4.78 is 4.62. The van der Waals surface area contributed by atoms with Crippen LogP contribution in [0.3, 0.4) is 0 Å². The van der Waals surface area contributed by atoms with Gasteiger partial charge in [-0.1, -0.05) is 29.8 Å². The Balaban J connectivity index is 2.42. The average Bonchev–Trinajstić information content (AvgIpc) is 2.28. The van der Waals surface area contributed by atoms with E-state index in [1.165, 1.54) is 5.56 Å². The summed E-state index contributed by atoms with van der Waals surface area (Å²) in [5.41, 5.74) is 2.24. The maximum absolute atomic E-state index is 11.3. The molecule has 16 heavy (non-hydrogen) atoms. The van der Waals surface area contributed by atoms with Gasteiger partial charge in [-0.15, -0.1) is 0 Å². The molecule has 1 aromatic rings. The molecule has 0 aliphatic carbocycles. The maximum atomic E-state index is 11.3. The monoisotopic (exact) mass is 220 g/mol. The fraction of sp³-hybridized carbons (Fsp3) is 0.385. The summed E-state index contributed by atoms with van der Waals surface area (Å²) in [7, 11) is 0. The molecular formula is C13H16O3. The number of esters is 1. The molecule has 0 fully saturated rings. The van der Waals surface area contributed by atoms with E-state index >= 15 is 0 Å². The standard InChI is InChI=1S/C13H16O3/c1-3-16-13(15)12(14)9-8-11-6-4-10(2)5-7-11/h4-7H,3,8-9H2,1-2H3. The molecule has 1 aromatic carbocycles. The lowest BCUT2D eigenvalue weighted by Crippen LogP contribution is -2.17. The van der Waals surface area contributed by atoms with E-state index in [0.717, 1.165) is 5.56 Å². The zero-order valence-electron chi connectivity index (χ0n) is 9.66. The van der Waals surface area contributed by atoms with Crippen molar-refractivity contribution in [2.75, 3.05) is 6.61 Å². The first kappa shape index (κ1) is 12.4. The third-order valence-corrected chi connectivity index (χ3v) is 2.26. The van der Waals surface area contributed by atoms with E-state index in [0.29, 0.717) is 6.42 Å². The van der Waals surface area contributed by atoms with Gasteiger partial charge in [0.05, 0.1) is 6.61 Å². The van der Waals surface area contributed by atoms with Gasteiger partial charge in [-0.25, -0.2) is 4.79 Å². The van der Waals surface area contributed by atoms with Crippen molar-refractivity contribution in [3.63, 3.8) is 0 Å². The van der Waals surface area contributed by atoms with Gasteiger partial charge in [-0.05, 0) is 25.8 Å². The van der Waals surface area contributed by atoms with E-state index in [4.69, 9.17) is 0 Å². The molecule has 0 N–H and O–H groups in total. The number of benzene rings is 1. The van der Waals surface area contributed by atoms with Crippen molar-refractivity contribution in [1.82, 2.24) is 0 Å². The highest BCUT2D eigenvalue weighted by molar-refractivity contribution is 6.33. The minimum absolute atomic E-state index is 0.210. The molecule has 0 saturated heterocycles. The van der Waals surface area contributed by atoms with Gasteiger partial charge in [0.15, 0.2) is 0 Å². The Kier molecular flexibility index (Phi) is 4.70. The van der Waals surface area contributed by atoms with Gasteiger partial charge >= 0.3 is 5.97 Å². The van der Waals surface area contributed by atoms with E-state index in [-0.39, 0.29) is 13.0 Å². The van der Waals surface area contributed by atoms with E-state index in [2.05, 4.69) is 4.74 Å². The van der Waals surface area contributed by atoms with Gasteiger partial charge in [0.2, 0.25) is 5.78 Å². The molecule has 0 aromatic heterocycles. The summed E-state index contributed by atoms with van der Waals surface area (Å²) in [5, 5.41) is 0. The van der Waals surface area contributed by atoms with Crippen LogP contribution in [0.5, 0.6) is 0 Å². The van der Waals surface area contributed by atoms with Gasteiger partial charge in [0.25, 0.3) is 0 Å². The van der Waals surface area contributed by atoms with Crippen LogP contribution in [-0.4, -0.2) is 18.4 Å². The lowest BCUT2D eigenvalue weighted by Gasteiger charge is -2.02. The van der Waals surface area contributed by atoms with Crippen molar-refractivity contribution in [2.45, 2.75) is 26.7 Å². The number of carbonyl (C=O) groups is 2. The van der Waals surface area contributed by atoms with Crippen molar-refractivity contribution in [3.05, 3.63) is 35.4 Å². The minimum Gasteiger partial charge on any atom is -0.460 e. The summed E-state index contributed by atoms with van der Waals surface area (Å²) in [5.74, 6) is -1.18. The van der Waals surface area contributed by atoms with Crippen LogP contribution < -0.4 is 0 Å². The Morgan fingerprint density at radius 2 is 1.81 bits per heavy atom. The molecule has 0 unspecified atom stereocenters. The molecule has 0 aliphatic heterocycles. The zero-order valence-corrected chi connectivity index (χ0v) is 9.66.